The maximum Gasteiger partial charge on any atom is 0.547 e. The third kappa shape index (κ3) is 6.67. The normalized spacial score (nSPS) is 19.7. The van der Waals surface area contributed by atoms with Crippen molar-refractivity contribution in [2.45, 2.75) is 51.1 Å². The molecule has 0 aliphatic carbocycles. The molecule has 2 aliphatic heterocycles. The van der Waals surface area contributed by atoms with Crippen molar-refractivity contribution in [2.75, 3.05) is 32.7 Å². The molecule has 170 valence electrons. The first kappa shape index (κ1) is 23.5. The summed E-state index contributed by atoms with van der Waals surface area (Å²) in [5, 5.41) is 29.4. The Morgan fingerprint density at radius 2 is 2.00 bits per heavy atom. The third-order valence-corrected chi connectivity index (χ3v) is 5.76. The molecule has 1 fully saturated rings. The number of benzene rings is 1. The van der Waals surface area contributed by atoms with Crippen LogP contribution >= 0.6 is 0 Å². The first-order chi connectivity index (χ1) is 14.8. The lowest BCUT2D eigenvalue weighted by Gasteiger charge is -2.33. The van der Waals surface area contributed by atoms with Gasteiger partial charge in [-0.3, -0.25) is 9.69 Å². The number of rotatable bonds is 9. The summed E-state index contributed by atoms with van der Waals surface area (Å²) in [6.45, 7) is 8.11. The standard InChI is InChI=1S/C21H33BN4O5/c1-14(2)23-8-9-24-16-6-10-26(11-7-16)13-19(27)25-18-12-15-4-3-5-17(21(28)29)20(15)31-22(18)30/h3-5,14,16,18,23-24,30H,6-13H2,1-2H3,(H,25,27)(H,28,29). The van der Waals surface area contributed by atoms with Crippen LogP contribution in [-0.2, 0) is 11.2 Å². The van der Waals surface area contributed by atoms with Crippen LogP contribution in [0.25, 0.3) is 0 Å². The van der Waals surface area contributed by atoms with Gasteiger partial charge in [0.2, 0.25) is 5.91 Å². The molecule has 10 heteroatoms. The number of fused-ring (bicyclic) bond motifs is 1. The molecule has 1 unspecified atom stereocenters. The van der Waals surface area contributed by atoms with Crippen LogP contribution in [0.1, 0.15) is 42.6 Å². The minimum Gasteiger partial charge on any atom is -0.534 e. The molecule has 31 heavy (non-hydrogen) atoms. The highest BCUT2D eigenvalue weighted by Gasteiger charge is 2.38. The number of nitrogens with zero attached hydrogens (tertiary/aromatic N) is 1. The first-order valence-electron chi connectivity index (χ1n) is 11.0. The first-order valence-corrected chi connectivity index (χ1v) is 11.0. The van der Waals surface area contributed by atoms with Crippen molar-refractivity contribution in [2.24, 2.45) is 0 Å². The zero-order chi connectivity index (χ0) is 22.4. The maximum atomic E-state index is 12.5. The summed E-state index contributed by atoms with van der Waals surface area (Å²) in [6.07, 6.45) is 2.31. The van der Waals surface area contributed by atoms with E-state index in [2.05, 4.69) is 34.7 Å². The van der Waals surface area contributed by atoms with Crippen molar-refractivity contribution < 1.29 is 24.4 Å². The largest absolute Gasteiger partial charge is 0.547 e. The number of hydrogen-bond acceptors (Lipinski definition) is 7. The summed E-state index contributed by atoms with van der Waals surface area (Å²) in [4.78, 5) is 26.0. The molecule has 1 amide bonds. The minimum absolute atomic E-state index is 0.0118. The Labute approximate surface area is 183 Å². The molecule has 2 heterocycles. The summed E-state index contributed by atoms with van der Waals surface area (Å²) < 4.78 is 5.44. The average Bonchev–Trinajstić information content (AvgIpc) is 2.72. The van der Waals surface area contributed by atoms with Gasteiger partial charge >= 0.3 is 13.1 Å². The van der Waals surface area contributed by atoms with Gasteiger partial charge in [-0.1, -0.05) is 26.0 Å². The SMILES string of the molecule is CC(C)NCCNC1CCN(CC(=O)NC2Cc3cccc(C(=O)O)c3OB2O)CC1. The van der Waals surface area contributed by atoms with E-state index in [0.29, 0.717) is 24.1 Å². The summed E-state index contributed by atoms with van der Waals surface area (Å²) in [6, 6.07) is 5.79. The summed E-state index contributed by atoms with van der Waals surface area (Å²) >= 11 is 0. The lowest BCUT2D eigenvalue weighted by molar-refractivity contribution is -0.123. The molecule has 0 bridgehead atoms. The molecule has 0 spiro atoms. The van der Waals surface area contributed by atoms with Crippen molar-refractivity contribution in [3.63, 3.8) is 0 Å². The molecular weight excluding hydrogens is 399 g/mol. The number of hydrogen-bond donors (Lipinski definition) is 5. The molecule has 5 N–H and O–H groups in total. The van der Waals surface area contributed by atoms with E-state index < -0.39 is 19.0 Å². The van der Waals surface area contributed by atoms with E-state index >= 15 is 0 Å². The molecule has 0 aromatic heterocycles. The van der Waals surface area contributed by atoms with Gasteiger partial charge in [-0.15, -0.1) is 0 Å². The van der Waals surface area contributed by atoms with Crippen LogP contribution in [0.15, 0.2) is 18.2 Å². The van der Waals surface area contributed by atoms with Crippen LogP contribution in [0, 0.1) is 0 Å². The van der Waals surface area contributed by atoms with Gasteiger partial charge < -0.3 is 30.7 Å². The number of para-hydroxylation sites is 1. The second-order valence-electron chi connectivity index (χ2n) is 8.60. The number of carbonyl (C=O) groups excluding carboxylic acids is 1. The molecule has 0 radical (unpaired) electrons. The molecule has 1 aromatic rings. The Balaban J connectivity index is 1.42. The second-order valence-corrected chi connectivity index (χ2v) is 8.60. The number of nitrogens with one attached hydrogen (secondary N) is 3. The van der Waals surface area contributed by atoms with E-state index in [0.717, 1.165) is 39.0 Å². The number of piperidine rings is 1. The lowest BCUT2D eigenvalue weighted by atomic mass is 9.72. The second kappa shape index (κ2) is 10.9. The zero-order valence-electron chi connectivity index (χ0n) is 18.3. The van der Waals surface area contributed by atoms with E-state index in [1.54, 1.807) is 12.1 Å². The van der Waals surface area contributed by atoms with Crippen LogP contribution in [0.2, 0.25) is 0 Å². The highest BCUT2D eigenvalue weighted by atomic mass is 16.5. The molecule has 1 aromatic carbocycles. The Morgan fingerprint density at radius 1 is 1.26 bits per heavy atom. The summed E-state index contributed by atoms with van der Waals surface area (Å²) in [5.41, 5.74) is 0.673. The molecular formula is C21H33BN4O5. The fraction of sp³-hybridized carbons (Fsp3) is 0.619. The number of likely N-dealkylation sites (tertiary alicyclic amines) is 1. The van der Waals surface area contributed by atoms with Crippen LogP contribution < -0.4 is 20.6 Å². The maximum absolute atomic E-state index is 12.5. The highest BCUT2D eigenvalue weighted by Crippen LogP contribution is 2.30. The monoisotopic (exact) mass is 432 g/mol. The van der Waals surface area contributed by atoms with Crippen molar-refractivity contribution in [3.05, 3.63) is 29.3 Å². The van der Waals surface area contributed by atoms with E-state index in [-0.39, 0.29) is 23.8 Å². The van der Waals surface area contributed by atoms with Crippen molar-refractivity contribution in [3.8, 4) is 5.75 Å². The predicted octanol–water partition coefficient (Wildman–Crippen LogP) is -0.124. The third-order valence-electron chi connectivity index (χ3n) is 5.76. The van der Waals surface area contributed by atoms with Gasteiger partial charge in [-0.25, -0.2) is 4.79 Å². The van der Waals surface area contributed by atoms with Gasteiger partial charge in [0.1, 0.15) is 5.75 Å². The van der Waals surface area contributed by atoms with E-state index in [4.69, 9.17) is 4.65 Å². The number of carbonyl (C=O) groups is 2. The van der Waals surface area contributed by atoms with Gasteiger partial charge in [0.15, 0.2) is 0 Å². The van der Waals surface area contributed by atoms with E-state index in [9.17, 15) is 19.7 Å². The highest BCUT2D eigenvalue weighted by molar-refractivity contribution is 6.47. The van der Waals surface area contributed by atoms with Gasteiger partial charge in [0.25, 0.3) is 0 Å². The van der Waals surface area contributed by atoms with Crippen molar-refractivity contribution in [1.82, 2.24) is 20.9 Å². The Morgan fingerprint density at radius 3 is 2.68 bits per heavy atom. The number of carboxylic acids is 1. The van der Waals surface area contributed by atoms with E-state index in [1.165, 1.54) is 6.07 Å². The zero-order valence-corrected chi connectivity index (χ0v) is 18.3. The Kier molecular flexibility index (Phi) is 8.31. The topological polar surface area (TPSA) is 123 Å². The lowest BCUT2D eigenvalue weighted by Crippen LogP contribution is -2.55. The van der Waals surface area contributed by atoms with Gasteiger partial charge in [-0.2, -0.15) is 0 Å². The molecule has 2 aliphatic rings. The van der Waals surface area contributed by atoms with Crippen molar-refractivity contribution in [1.29, 1.82) is 0 Å². The average molecular weight is 432 g/mol. The Bertz CT molecular complexity index is 770. The van der Waals surface area contributed by atoms with Crippen LogP contribution in [0.4, 0.5) is 0 Å². The van der Waals surface area contributed by atoms with Crippen LogP contribution in [-0.4, -0.2) is 84.8 Å². The van der Waals surface area contributed by atoms with Gasteiger partial charge in [0, 0.05) is 38.3 Å². The van der Waals surface area contributed by atoms with Crippen LogP contribution in [0.5, 0.6) is 5.75 Å². The molecule has 9 nitrogen and oxygen atoms in total. The molecule has 3 rings (SSSR count). The van der Waals surface area contributed by atoms with Gasteiger partial charge in [-0.05, 0) is 30.9 Å². The fourth-order valence-corrected chi connectivity index (χ4v) is 4.10. The summed E-state index contributed by atoms with van der Waals surface area (Å²) in [5.74, 6) is -1.72. The quantitative estimate of drug-likeness (QED) is 0.270. The summed E-state index contributed by atoms with van der Waals surface area (Å²) in [7, 11) is -1.29. The molecule has 1 atom stereocenters. The Hall–Kier alpha value is -2.14. The number of aromatic carboxylic acids is 1. The van der Waals surface area contributed by atoms with Gasteiger partial charge in [0.05, 0.1) is 18.0 Å². The van der Waals surface area contributed by atoms with Crippen LogP contribution in [0.3, 0.4) is 0 Å². The fourth-order valence-electron chi connectivity index (χ4n) is 4.10. The number of amides is 1. The minimum atomic E-state index is -1.29. The smallest absolute Gasteiger partial charge is 0.534 e. The molecule has 0 saturated carbocycles. The predicted molar refractivity (Wildman–Crippen MR) is 118 cm³/mol. The molecule has 1 saturated heterocycles. The van der Waals surface area contributed by atoms with Crippen molar-refractivity contribution >= 4 is 19.0 Å². The number of carboxylic acid groups (broad SMARTS) is 1. The van der Waals surface area contributed by atoms with E-state index in [1.807, 2.05) is 0 Å².